The smallest absolute Gasteiger partial charge is 0.223 e. The van der Waals surface area contributed by atoms with Gasteiger partial charge < -0.3 is 15.8 Å². The van der Waals surface area contributed by atoms with E-state index >= 15 is 0 Å². The molecule has 5 nitrogen and oxygen atoms in total. The summed E-state index contributed by atoms with van der Waals surface area (Å²) < 4.78 is 5.49. The molecule has 3 N–H and O–H groups in total. The van der Waals surface area contributed by atoms with Gasteiger partial charge in [0.2, 0.25) is 5.91 Å². The van der Waals surface area contributed by atoms with Crippen LogP contribution < -0.4 is 15.8 Å². The Morgan fingerprint density at radius 1 is 1.52 bits per heavy atom. The van der Waals surface area contributed by atoms with Gasteiger partial charge in [-0.2, -0.15) is 0 Å². The Morgan fingerprint density at radius 2 is 2.38 bits per heavy atom. The van der Waals surface area contributed by atoms with Crippen molar-refractivity contribution in [2.75, 3.05) is 18.9 Å². The van der Waals surface area contributed by atoms with Crippen molar-refractivity contribution in [3.8, 4) is 5.75 Å². The Labute approximate surface area is 128 Å². The van der Waals surface area contributed by atoms with E-state index in [1.807, 2.05) is 24.4 Å². The van der Waals surface area contributed by atoms with Gasteiger partial charge in [-0.1, -0.05) is 13.0 Å². The first-order valence-corrected chi connectivity index (χ1v) is 7.67. The quantitative estimate of drug-likeness (QED) is 0.770. The van der Waals surface area contributed by atoms with Crippen LogP contribution in [-0.4, -0.2) is 24.0 Å². The summed E-state index contributed by atoms with van der Waals surface area (Å²) in [6, 6.07) is 7.17. The number of aromatic nitrogens is 1. The monoisotopic (exact) mass is 305 g/mol. The molecule has 1 aromatic carbocycles. The third kappa shape index (κ3) is 5.07. The molecule has 0 radical (unpaired) electrons. The average molecular weight is 305 g/mol. The molecule has 0 aliphatic heterocycles. The van der Waals surface area contributed by atoms with Crippen molar-refractivity contribution >= 4 is 22.9 Å². The fourth-order valence-corrected chi connectivity index (χ4v) is 2.48. The molecule has 1 atom stereocenters. The average Bonchev–Trinajstić information content (AvgIpc) is 2.99. The predicted molar refractivity (Wildman–Crippen MR) is 84.5 cm³/mol. The number of amides is 1. The lowest BCUT2D eigenvalue weighted by atomic mass is 10.2. The second-order valence-electron chi connectivity index (χ2n) is 4.75. The third-order valence-electron chi connectivity index (χ3n) is 2.93. The number of rotatable bonds is 7. The van der Waals surface area contributed by atoms with Crippen LogP contribution in [0.3, 0.4) is 0 Å². The van der Waals surface area contributed by atoms with Crippen LogP contribution in [0.2, 0.25) is 0 Å². The van der Waals surface area contributed by atoms with E-state index in [9.17, 15) is 4.79 Å². The van der Waals surface area contributed by atoms with E-state index in [-0.39, 0.29) is 11.8 Å². The highest BCUT2D eigenvalue weighted by molar-refractivity contribution is 7.09. The van der Waals surface area contributed by atoms with Gasteiger partial charge >= 0.3 is 0 Å². The van der Waals surface area contributed by atoms with Crippen molar-refractivity contribution in [1.29, 1.82) is 0 Å². The zero-order valence-electron chi connectivity index (χ0n) is 11.9. The van der Waals surface area contributed by atoms with Crippen LogP contribution in [0, 0.1) is 0 Å². The highest BCUT2D eigenvalue weighted by Crippen LogP contribution is 2.16. The summed E-state index contributed by atoms with van der Waals surface area (Å²) in [5.41, 5.74) is 6.30. The van der Waals surface area contributed by atoms with Crippen molar-refractivity contribution in [2.45, 2.75) is 19.3 Å². The summed E-state index contributed by atoms with van der Waals surface area (Å²) in [7, 11) is 0. The fraction of sp³-hybridized carbons (Fsp3) is 0.333. The van der Waals surface area contributed by atoms with Crippen LogP contribution in [0.5, 0.6) is 5.75 Å². The van der Waals surface area contributed by atoms with Gasteiger partial charge in [-0.05, 0) is 12.1 Å². The minimum atomic E-state index is -0.0256. The molecular weight excluding hydrogens is 286 g/mol. The summed E-state index contributed by atoms with van der Waals surface area (Å²) >= 11 is 1.60. The molecule has 1 aromatic heterocycles. The number of carbonyl (C=O) groups excluding carboxylic acids is 1. The van der Waals surface area contributed by atoms with E-state index in [0.717, 1.165) is 5.01 Å². The number of benzene rings is 1. The number of carbonyl (C=O) groups is 1. The Morgan fingerprint density at radius 3 is 3.10 bits per heavy atom. The molecule has 1 amide bonds. The zero-order chi connectivity index (χ0) is 15.1. The van der Waals surface area contributed by atoms with E-state index in [2.05, 4.69) is 10.3 Å². The normalized spacial score (nSPS) is 11.9. The Hall–Kier alpha value is -2.08. The number of thiazole rings is 1. The van der Waals surface area contributed by atoms with Crippen LogP contribution in [-0.2, 0) is 4.79 Å². The SMILES string of the molecule is CC(CNC(=O)CCOc1cccc(N)c1)c1nccs1. The molecular formula is C15H19N3O2S. The van der Waals surface area contributed by atoms with Gasteiger partial charge in [0.1, 0.15) is 5.75 Å². The van der Waals surface area contributed by atoms with Crippen LogP contribution in [0.4, 0.5) is 5.69 Å². The highest BCUT2D eigenvalue weighted by atomic mass is 32.1. The van der Waals surface area contributed by atoms with Gasteiger partial charge in [0, 0.05) is 35.8 Å². The van der Waals surface area contributed by atoms with Gasteiger partial charge in [-0.3, -0.25) is 4.79 Å². The van der Waals surface area contributed by atoms with Crippen molar-refractivity contribution in [3.05, 3.63) is 40.8 Å². The molecule has 0 aliphatic rings. The molecule has 21 heavy (non-hydrogen) atoms. The fourth-order valence-electron chi connectivity index (χ4n) is 1.79. The summed E-state index contributed by atoms with van der Waals surface area (Å²) in [6.07, 6.45) is 2.09. The maximum atomic E-state index is 11.7. The molecule has 2 aromatic rings. The molecule has 6 heteroatoms. The molecule has 2 rings (SSSR count). The summed E-state index contributed by atoms with van der Waals surface area (Å²) in [5, 5.41) is 5.86. The summed E-state index contributed by atoms with van der Waals surface area (Å²) in [4.78, 5) is 16.0. The molecule has 0 aliphatic carbocycles. The van der Waals surface area contributed by atoms with E-state index in [0.29, 0.717) is 31.0 Å². The van der Waals surface area contributed by atoms with E-state index in [4.69, 9.17) is 10.5 Å². The summed E-state index contributed by atoms with van der Waals surface area (Å²) in [6.45, 7) is 2.97. The van der Waals surface area contributed by atoms with E-state index < -0.39 is 0 Å². The number of nitrogens with zero attached hydrogens (tertiary/aromatic N) is 1. The van der Waals surface area contributed by atoms with Crippen LogP contribution in [0.1, 0.15) is 24.3 Å². The lowest BCUT2D eigenvalue weighted by Crippen LogP contribution is -2.28. The minimum Gasteiger partial charge on any atom is -0.493 e. The number of hydrogen-bond donors (Lipinski definition) is 2. The van der Waals surface area contributed by atoms with Crippen molar-refractivity contribution in [1.82, 2.24) is 10.3 Å². The lowest BCUT2D eigenvalue weighted by molar-refractivity contribution is -0.121. The number of ether oxygens (including phenoxy) is 1. The second-order valence-corrected chi connectivity index (χ2v) is 5.67. The Kier molecular flexibility index (Phi) is 5.57. The Balaban J connectivity index is 1.66. The number of hydrogen-bond acceptors (Lipinski definition) is 5. The molecule has 0 saturated carbocycles. The van der Waals surface area contributed by atoms with Gasteiger partial charge in [0.25, 0.3) is 0 Å². The maximum absolute atomic E-state index is 11.7. The number of anilines is 1. The molecule has 1 unspecified atom stereocenters. The van der Waals surface area contributed by atoms with E-state index in [1.54, 1.807) is 29.7 Å². The topological polar surface area (TPSA) is 77.2 Å². The molecule has 0 bridgehead atoms. The van der Waals surface area contributed by atoms with Crippen LogP contribution >= 0.6 is 11.3 Å². The van der Waals surface area contributed by atoms with Gasteiger partial charge in [0.05, 0.1) is 18.0 Å². The molecule has 0 fully saturated rings. The third-order valence-corrected chi connectivity index (χ3v) is 3.94. The van der Waals surface area contributed by atoms with Gasteiger partial charge in [-0.15, -0.1) is 11.3 Å². The first kappa shape index (κ1) is 15.3. The first-order valence-electron chi connectivity index (χ1n) is 6.79. The highest BCUT2D eigenvalue weighted by Gasteiger charge is 2.10. The summed E-state index contributed by atoms with van der Waals surface area (Å²) in [5.74, 6) is 0.880. The number of nitrogens with one attached hydrogen (secondary N) is 1. The molecule has 1 heterocycles. The predicted octanol–water partition coefficient (Wildman–Crippen LogP) is 2.41. The lowest BCUT2D eigenvalue weighted by Gasteiger charge is -2.10. The van der Waals surface area contributed by atoms with Gasteiger partial charge in [0.15, 0.2) is 0 Å². The standard InChI is InChI=1S/C15H19N3O2S/c1-11(15-17-6-8-21-15)10-18-14(19)5-7-20-13-4-2-3-12(16)9-13/h2-4,6,8-9,11H,5,7,10,16H2,1H3,(H,18,19). The van der Waals surface area contributed by atoms with Crippen LogP contribution in [0.15, 0.2) is 35.8 Å². The maximum Gasteiger partial charge on any atom is 0.223 e. The first-order chi connectivity index (χ1) is 10.1. The van der Waals surface area contributed by atoms with E-state index in [1.165, 1.54) is 0 Å². The minimum absolute atomic E-state index is 0.0256. The number of nitrogens with two attached hydrogens (primary N) is 1. The van der Waals surface area contributed by atoms with Gasteiger partial charge in [-0.25, -0.2) is 4.98 Å². The molecule has 112 valence electrons. The largest absolute Gasteiger partial charge is 0.493 e. The van der Waals surface area contributed by atoms with Crippen molar-refractivity contribution in [3.63, 3.8) is 0 Å². The second kappa shape index (κ2) is 7.64. The Bertz CT molecular complexity index is 572. The van der Waals surface area contributed by atoms with Crippen LogP contribution in [0.25, 0.3) is 0 Å². The van der Waals surface area contributed by atoms with Crippen molar-refractivity contribution in [2.24, 2.45) is 0 Å². The zero-order valence-corrected chi connectivity index (χ0v) is 12.7. The molecule has 0 spiro atoms. The number of nitrogen functional groups attached to an aromatic ring is 1. The molecule has 0 saturated heterocycles. The van der Waals surface area contributed by atoms with Crippen molar-refractivity contribution < 1.29 is 9.53 Å².